The Hall–Kier alpha value is -1.60. The predicted octanol–water partition coefficient (Wildman–Crippen LogP) is 6.98. The topological polar surface area (TPSA) is 101 Å². The summed E-state index contributed by atoms with van der Waals surface area (Å²) in [6, 6.07) is 2.83. The van der Waals surface area contributed by atoms with Gasteiger partial charge in [-0.2, -0.15) is 8.42 Å². The second-order valence-corrected chi connectivity index (χ2v) is 10.3. The van der Waals surface area contributed by atoms with Gasteiger partial charge < -0.3 is 9.84 Å². The summed E-state index contributed by atoms with van der Waals surface area (Å²) in [6.07, 6.45) is 16.7. The molecule has 0 saturated heterocycles. The number of carboxylic acids is 1. The number of hydrogen-bond donors (Lipinski definition) is 2. The normalized spacial score (nSPS) is 11.6. The van der Waals surface area contributed by atoms with Gasteiger partial charge in [0, 0.05) is 0 Å². The van der Waals surface area contributed by atoms with Crippen LogP contribution in [-0.4, -0.2) is 30.7 Å². The standard InChI is InChI=1S/C26H44O6S/c1-3-5-7-9-11-13-15-17-22-23(18-16-14-12-10-8-6-4-2)25(33(29,30)31)20-19-24(22)32-21-26(27)28/h19-20H,3-18,21H2,1-2H3,(H,27,28)(H,29,30,31). The zero-order valence-electron chi connectivity index (χ0n) is 20.6. The summed E-state index contributed by atoms with van der Waals surface area (Å²) < 4.78 is 39.5. The lowest BCUT2D eigenvalue weighted by atomic mass is 9.95. The molecule has 0 heterocycles. The van der Waals surface area contributed by atoms with Crippen molar-refractivity contribution in [3.05, 3.63) is 23.3 Å². The summed E-state index contributed by atoms with van der Waals surface area (Å²) in [4.78, 5) is 11.0. The molecule has 0 aliphatic carbocycles. The summed E-state index contributed by atoms with van der Waals surface area (Å²) >= 11 is 0. The van der Waals surface area contributed by atoms with Crippen molar-refractivity contribution in [2.75, 3.05) is 6.61 Å². The first kappa shape index (κ1) is 29.4. The third-order valence-corrected chi connectivity index (χ3v) is 6.97. The second-order valence-electron chi connectivity index (χ2n) is 8.92. The zero-order chi connectivity index (χ0) is 24.5. The first-order chi connectivity index (χ1) is 15.8. The summed E-state index contributed by atoms with van der Waals surface area (Å²) in [5.74, 6) is -0.668. The maximum Gasteiger partial charge on any atom is 0.341 e. The number of rotatable bonds is 20. The lowest BCUT2D eigenvalue weighted by Crippen LogP contribution is -2.13. The molecule has 2 N–H and O–H groups in total. The molecule has 0 aromatic heterocycles. The first-order valence-corrected chi connectivity index (χ1v) is 14.2. The summed E-state index contributed by atoms with van der Waals surface area (Å²) in [6.45, 7) is 3.89. The maximum absolute atomic E-state index is 12.1. The first-order valence-electron chi connectivity index (χ1n) is 12.8. The molecule has 0 aliphatic heterocycles. The van der Waals surface area contributed by atoms with Crippen molar-refractivity contribution in [1.82, 2.24) is 0 Å². The highest BCUT2D eigenvalue weighted by Crippen LogP contribution is 2.32. The average molecular weight is 485 g/mol. The number of benzene rings is 1. The monoisotopic (exact) mass is 484 g/mol. The Morgan fingerprint density at radius 2 is 1.21 bits per heavy atom. The molecule has 6 nitrogen and oxygen atoms in total. The molecular formula is C26H44O6S. The molecule has 0 aliphatic rings. The Bertz CT molecular complexity index is 788. The van der Waals surface area contributed by atoms with Gasteiger partial charge in [-0.25, -0.2) is 4.79 Å². The van der Waals surface area contributed by atoms with Gasteiger partial charge in [0.15, 0.2) is 6.61 Å². The van der Waals surface area contributed by atoms with Crippen molar-refractivity contribution in [1.29, 1.82) is 0 Å². The molecule has 1 aromatic rings. The lowest BCUT2D eigenvalue weighted by molar-refractivity contribution is -0.139. The van der Waals surface area contributed by atoms with E-state index in [1.165, 1.54) is 63.5 Å². The van der Waals surface area contributed by atoms with Crippen LogP contribution in [0.1, 0.15) is 115 Å². The summed E-state index contributed by atoms with van der Waals surface area (Å²) in [5, 5.41) is 9.04. The van der Waals surface area contributed by atoms with E-state index in [1.54, 1.807) is 0 Å². The smallest absolute Gasteiger partial charge is 0.341 e. The van der Waals surface area contributed by atoms with Gasteiger partial charge in [-0.3, -0.25) is 4.55 Å². The molecule has 0 amide bonds. The van der Waals surface area contributed by atoms with Gasteiger partial charge in [-0.1, -0.05) is 90.9 Å². The Morgan fingerprint density at radius 1 is 0.758 bits per heavy atom. The average Bonchev–Trinajstić information content (AvgIpc) is 2.76. The van der Waals surface area contributed by atoms with Crippen molar-refractivity contribution in [2.45, 2.75) is 121 Å². The molecule has 1 aromatic carbocycles. The number of hydrogen-bond acceptors (Lipinski definition) is 4. The third kappa shape index (κ3) is 12.4. The lowest BCUT2D eigenvalue weighted by Gasteiger charge is -2.18. The molecule has 0 radical (unpaired) electrons. The van der Waals surface area contributed by atoms with Crippen LogP contribution in [0.15, 0.2) is 17.0 Å². The highest BCUT2D eigenvalue weighted by molar-refractivity contribution is 7.85. The van der Waals surface area contributed by atoms with Crippen LogP contribution in [-0.2, 0) is 27.8 Å². The largest absolute Gasteiger partial charge is 0.482 e. The summed E-state index contributed by atoms with van der Waals surface area (Å²) in [5.41, 5.74) is 1.31. The quantitative estimate of drug-likeness (QED) is 0.153. The zero-order valence-corrected chi connectivity index (χ0v) is 21.4. The van der Waals surface area contributed by atoms with Crippen LogP contribution in [0.4, 0.5) is 0 Å². The molecule has 0 atom stereocenters. The van der Waals surface area contributed by atoms with Crippen molar-refractivity contribution >= 4 is 16.1 Å². The van der Waals surface area contributed by atoms with E-state index in [0.717, 1.165) is 44.1 Å². The minimum absolute atomic E-state index is 0.0749. The predicted molar refractivity (Wildman–Crippen MR) is 133 cm³/mol. The van der Waals surface area contributed by atoms with Gasteiger partial charge in [-0.15, -0.1) is 0 Å². The number of carboxylic acid groups (broad SMARTS) is 1. The van der Waals surface area contributed by atoms with Crippen molar-refractivity contribution in [2.24, 2.45) is 0 Å². The molecule has 0 fully saturated rings. The fraction of sp³-hybridized carbons (Fsp3) is 0.731. The van der Waals surface area contributed by atoms with Crippen LogP contribution in [0.25, 0.3) is 0 Å². The van der Waals surface area contributed by atoms with Crippen molar-refractivity contribution in [3.63, 3.8) is 0 Å². The molecule has 190 valence electrons. The SMILES string of the molecule is CCCCCCCCCc1c(OCC(=O)O)ccc(S(=O)(=O)O)c1CCCCCCCCC. The van der Waals surface area contributed by atoms with Crippen molar-refractivity contribution < 1.29 is 27.6 Å². The fourth-order valence-corrected chi connectivity index (χ4v) is 5.01. The number of unbranched alkanes of at least 4 members (excludes halogenated alkanes) is 12. The summed E-state index contributed by atoms with van der Waals surface area (Å²) in [7, 11) is -4.38. The Balaban J connectivity index is 2.96. The molecular weight excluding hydrogens is 440 g/mol. The Morgan fingerprint density at radius 3 is 1.67 bits per heavy atom. The van der Waals surface area contributed by atoms with E-state index >= 15 is 0 Å². The van der Waals surface area contributed by atoms with Gasteiger partial charge in [0.05, 0.1) is 4.90 Å². The van der Waals surface area contributed by atoms with Gasteiger partial charge in [-0.05, 0) is 48.9 Å². The van der Waals surface area contributed by atoms with Gasteiger partial charge in [0.1, 0.15) is 5.75 Å². The fourth-order valence-electron chi connectivity index (χ4n) is 4.23. The van der Waals surface area contributed by atoms with E-state index in [1.807, 2.05) is 0 Å². The molecule has 7 heteroatoms. The number of ether oxygens (including phenoxy) is 1. The van der Waals surface area contributed by atoms with E-state index in [9.17, 15) is 17.8 Å². The van der Waals surface area contributed by atoms with Gasteiger partial charge >= 0.3 is 5.97 Å². The molecule has 33 heavy (non-hydrogen) atoms. The van der Waals surface area contributed by atoms with E-state index in [4.69, 9.17) is 9.84 Å². The third-order valence-electron chi connectivity index (χ3n) is 6.03. The molecule has 1 rings (SSSR count). The number of carbonyl (C=O) groups is 1. The maximum atomic E-state index is 12.1. The van der Waals surface area contributed by atoms with Crippen LogP contribution < -0.4 is 4.74 Å². The minimum atomic E-state index is -4.38. The van der Waals surface area contributed by atoms with E-state index < -0.39 is 22.7 Å². The van der Waals surface area contributed by atoms with Crippen LogP contribution >= 0.6 is 0 Å². The van der Waals surface area contributed by atoms with E-state index in [-0.39, 0.29) is 4.90 Å². The highest BCUT2D eigenvalue weighted by Gasteiger charge is 2.22. The molecule has 0 saturated carbocycles. The van der Waals surface area contributed by atoms with E-state index in [2.05, 4.69) is 13.8 Å². The van der Waals surface area contributed by atoms with Gasteiger partial charge in [0.2, 0.25) is 0 Å². The minimum Gasteiger partial charge on any atom is -0.482 e. The second kappa shape index (κ2) is 16.9. The van der Waals surface area contributed by atoms with Crippen LogP contribution in [0.3, 0.4) is 0 Å². The van der Waals surface area contributed by atoms with Crippen LogP contribution in [0.2, 0.25) is 0 Å². The Labute approximate surface area is 200 Å². The number of aliphatic carboxylic acids is 1. The highest BCUT2D eigenvalue weighted by atomic mass is 32.2. The Kier molecular flexibility index (Phi) is 15.1. The molecule has 0 bridgehead atoms. The molecule has 0 unspecified atom stereocenters. The van der Waals surface area contributed by atoms with Crippen LogP contribution in [0.5, 0.6) is 5.75 Å². The molecule has 0 spiro atoms. The van der Waals surface area contributed by atoms with Crippen LogP contribution in [0, 0.1) is 0 Å². The van der Waals surface area contributed by atoms with Crippen molar-refractivity contribution in [3.8, 4) is 5.75 Å². The van der Waals surface area contributed by atoms with E-state index in [0.29, 0.717) is 24.2 Å². The van der Waals surface area contributed by atoms with Gasteiger partial charge in [0.25, 0.3) is 10.1 Å².